The first-order valence-corrected chi connectivity index (χ1v) is 5.41. The smallest absolute Gasteiger partial charge is 0.334 e. The number of hydrogen-bond donors (Lipinski definition) is 3. The molecule has 0 saturated carbocycles. The van der Waals surface area contributed by atoms with Gasteiger partial charge in [-0.25, -0.2) is 10.1 Å². The largest absolute Gasteiger partial charge is 0.443 e. The minimum Gasteiger partial charge on any atom is -0.443 e. The van der Waals surface area contributed by atoms with Crippen molar-refractivity contribution >= 4 is 5.97 Å². The Bertz CT molecular complexity index is 250. The van der Waals surface area contributed by atoms with Gasteiger partial charge in [-0.3, -0.25) is 0 Å². The summed E-state index contributed by atoms with van der Waals surface area (Å²) in [5.41, 5.74) is 0.275. The minimum atomic E-state index is -2.01. The van der Waals surface area contributed by atoms with Crippen LogP contribution in [0.3, 0.4) is 0 Å². The quantitative estimate of drug-likeness (QED) is 0.344. The molecule has 1 atom stereocenters. The van der Waals surface area contributed by atoms with Crippen molar-refractivity contribution in [3.63, 3.8) is 0 Å². The highest BCUT2D eigenvalue weighted by molar-refractivity contribution is 5.87. The summed E-state index contributed by atoms with van der Waals surface area (Å²) < 4.78 is 4.97. The molecule has 0 radical (unpaired) electrons. The van der Waals surface area contributed by atoms with Gasteiger partial charge in [-0.1, -0.05) is 20.4 Å². The monoisotopic (exact) mass is 231 g/mol. The van der Waals surface area contributed by atoms with E-state index in [1.807, 2.05) is 6.92 Å². The van der Waals surface area contributed by atoms with Crippen LogP contribution in [0.2, 0.25) is 0 Å². The van der Waals surface area contributed by atoms with E-state index < -0.39 is 18.1 Å². The first-order valence-electron chi connectivity index (χ1n) is 5.41. The molecule has 0 spiro atoms. The number of rotatable bonds is 7. The number of hydrogen-bond acceptors (Lipinski definition) is 5. The molecular weight excluding hydrogens is 210 g/mol. The number of nitrogens with one attached hydrogen (secondary N) is 1. The number of esters is 1. The van der Waals surface area contributed by atoms with E-state index in [4.69, 9.17) is 4.74 Å². The molecule has 0 saturated heterocycles. The van der Waals surface area contributed by atoms with E-state index in [9.17, 15) is 15.0 Å². The standard InChI is InChI=1S/C11H21NO4/c1-5-7-11(14,15)12-9(6-2)16-10(13)8(3)4/h9,12,14-15H,3,5-7H2,1-2,4H3. The molecule has 0 amide bonds. The average molecular weight is 231 g/mol. The predicted molar refractivity (Wildman–Crippen MR) is 60.2 cm³/mol. The molecule has 0 fully saturated rings. The second-order valence-corrected chi connectivity index (χ2v) is 3.79. The normalized spacial score (nSPS) is 13.3. The fraction of sp³-hybridized carbons (Fsp3) is 0.727. The van der Waals surface area contributed by atoms with Crippen LogP contribution in [-0.2, 0) is 9.53 Å². The van der Waals surface area contributed by atoms with Gasteiger partial charge in [0.25, 0.3) is 0 Å². The lowest BCUT2D eigenvalue weighted by Gasteiger charge is -2.28. The highest BCUT2D eigenvalue weighted by Crippen LogP contribution is 2.09. The molecule has 0 aromatic carbocycles. The molecular formula is C11H21NO4. The van der Waals surface area contributed by atoms with Crippen molar-refractivity contribution in [3.8, 4) is 0 Å². The third-order valence-corrected chi connectivity index (χ3v) is 1.96. The van der Waals surface area contributed by atoms with Gasteiger partial charge in [-0.15, -0.1) is 0 Å². The van der Waals surface area contributed by atoms with E-state index in [0.717, 1.165) is 0 Å². The summed E-state index contributed by atoms with van der Waals surface area (Å²) in [5, 5.41) is 21.5. The van der Waals surface area contributed by atoms with Gasteiger partial charge >= 0.3 is 5.97 Å². The molecule has 5 nitrogen and oxygen atoms in total. The van der Waals surface area contributed by atoms with Crippen molar-refractivity contribution in [2.45, 2.75) is 52.2 Å². The van der Waals surface area contributed by atoms with Crippen LogP contribution >= 0.6 is 0 Å². The predicted octanol–water partition coefficient (Wildman–Crippen LogP) is 0.870. The SMILES string of the molecule is C=C(C)C(=O)OC(CC)NC(O)(O)CCC. The van der Waals surface area contributed by atoms with Gasteiger partial charge in [-0.05, 0) is 19.8 Å². The Morgan fingerprint density at radius 1 is 1.50 bits per heavy atom. The van der Waals surface area contributed by atoms with E-state index >= 15 is 0 Å². The average Bonchev–Trinajstić information content (AvgIpc) is 2.15. The molecule has 94 valence electrons. The topological polar surface area (TPSA) is 78.8 Å². The molecule has 3 N–H and O–H groups in total. The third kappa shape index (κ3) is 5.85. The zero-order valence-electron chi connectivity index (χ0n) is 10.1. The van der Waals surface area contributed by atoms with Crippen LogP contribution < -0.4 is 5.32 Å². The Hall–Kier alpha value is -0.910. The van der Waals surface area contributed by atoms with Crippen LogP contribution in [0.15, 0.2) is 12.2 Å². The lowest BCUT2D eigenvalue weighted by atomic mass is 10.2. The molecule has 16 heavy (non-hydrogen) atoms. The molecule has 0 aromatic rings. The summed E-state index contributed by atoms with van der Waals surface area (Å²) >= 11 is 0. The molecule has 0 rings (SSSR count). The Kier molecular flexibility index (Phi) is 6.25. The van der Waals surface area contributed by atoms with E-state index in [2.05, 4.69) is 11.9 Å². The maximum Gasteiger partial charge on any atom is 0.334 e. The number of carbonyl (C=O) groups excluding carboxylic acids is 1. The first kappa shape index (κ1) is 15.1. The number of ether oxygens (including phenoxy) is 1. The fourth-order valence-corrected chi connectivity index (χ4v) is 1.12. The highest BCUT2D eigenvalue weighted by atomic mass is 16.6. The zero-order chi connectivity index (χ0) is 12.8. The molecule has 0 aliphatic rings. The van der Waals surface area contributed by atoms with Crippen LogP contribution in [-0.4, -0.2) is 28.3 Å². The number of carbonyl (C=O) groups is 1. The lowest BCUT2D eigenvalue weighted by molar-refractivity contribution is -0.215. The van der Waals surface area contributed by atoms with Crippen molar-refractivity contribution in [1.82, 2.24) is 5.32 Å². The first-order chi connectivity index (χ1) is 7.32. The second-order valence-electron chi connectivity index (χ2n) is 3.79. The molecule has 0 aliphatic heterocycles. The van der Waals surface area contributed by atoms with Crippen LogP contribution in [0.5, 0.6) is 0 Å². The van der Waals surface area contributed by atoms with Gasteiger partial charge in [0.2, 0.25) is 5.91 Å². The number of aliphatic hydroxyl groups is 2. The van der Waals surface area contributed by atoms with Crippen molar-refractivity contribution in [2.75, 3.05) is 0 Å². The van der Waals surface area contributed by atoms with Crippen LogP contribution in [0.1, 0.15) is 40.0 Å². The molecule has 0 aliphatic carbocycles. The molecule has 0 heterocycles. The maximum atomic E-state index is 11.2. The Balaban J connectivity index is 4.30. The summed E-state index contributed by atoms with van der Waals surface area (Å²) in [6, 6.07) is 0. The van der Waals surface area contributed by atoms with Crippen LogP contribution in [0.25, 0.3) is 0 Å². The lowest BCUT2D eigenvalue weighted by Crippen LogP contribution is -2.51. The van der Waals surface area contributed by atoms with Gasteiger partial charge in [0, 0.05) is 12.0 Å². The van der Waals surface area contributed by atoms with Crippen molar-refractivity contribution in [2.24, 2.45) is 0 Å². The van der Waals surface area contributed by atoms with Gasteiger partial charge in [-0.2, -0.15) is 0 Å². The summed E-state index contributed by atoms with van der Waals surface area (Å²) in [6.45, 7) is 8.57. The van der Waals surface area contributed by atoms with Crippen molar-refractivity contribution in [3.05, 3.63) is 12.2 Å². The summed E-state index contributed by atoms with van der Waals surface area (Å²) in [5.74, 6) is -2.56. The fourth-order valence-electron chi connectivity index (χ4n) is 1.12. The van der Waals surface area contributed by atoms with Crippen LogP contribution in [0.4, 0.5) is 0 Å². The minimum absolute atomic E-state index is 0.161. The van der Waals surface area contributed by atoms with Crippen LogP contribution in [0, 0.1) is 0 Å². The summed E-state index contributed by atoms with van der Waals surface area (Å²) in [7, 11) is 0. The van der Waals surface area contributed by atoms with E-state index in [1.165, 1.54) is 6.92 Å². The maximum absolute atomic E-state index is 11.2. The summed E-state index contributed by atoms with van der Waals surface area (Å²) in [4.78, 5) is 11.2. The van der Waals surface area contributed by atoms with Gasteiger partial charge in [0.1, 0.15) is 0 Å². The Morgan fingerprint density at radius 3 is 2.44 bits per heavy atom. The van der Waals surface area contributed by atoms with Gasteiger partial charge in [0.15, 0.2) is 6.23 Å². The molecule has 0 bridgehead atoms. The molecule has 1 unspecified atom stereocenters. The highest BCUT2D eigenvalue weighted by Gasteiger charge is 2.26. The second kappa shape index (κ2) is 6.62. The van der Waals surface area contributed by atoms with Gasteiger partial charge < -0.3 is 14.9 Å². The van der Waals surface area contributed by atoms with E-state index in [0.29, 0.717) is 12.8 Å². The zero-order valence-corrected chi connectivity index (χ0v) is 10.1. The van der Waals surface area contributed by atoms with Gasteiger partial charge in [0.05, 0.1) is 0 Å². The summed E-state index contributed by atoms with van der Waals surface area (Å²) in [6.07, 6.45) is 0.468. The van der Waals surface area contributed by atoms with E-state index in [-0.39, 0.29) is 12.0 Å². The molecule has 5 heteroatoms. The van der Waals surface area contributed by atoms with Crippen molar-refractivity contribution < 1.29 is 19.7 Å². The van der Waals surface area contributed by atoms with E-state index in [1.54, 1.807) is 6.92 Å². The Morgan fingerprint density at radius 2 is 2.06 bits per heavy atom. The van der Waals surface area contributed by atoms with Crippen molar-refractivity contribution in [1.29, 1.82) is 0 Å². The third-order valence-electron chi connectivity index (χ3n) is 1.96. The Labute approximate surface area is 96.1 Å². The molecule has 0 aromatic heterocycles.